The van der Waals surface area contributed by atoms with Crippen LogP contribution in [0.25, 0.3) is 0 Å². The van der Waals surface area contributed by atoms with Crippen molar-refractivity contribution in [2.45, 2.75) is 13.0 Å². The van der Waals surface area contributed by atoms with Crippen molar-refractivity contribution in [1.29, 1.82) is 0 Å². The molecule has 0 unspecified atom stereocenters. The molecule has 1 amide bonds. The fraction of sp³-hybridized carbons (Fsp3) is 0.417. The maximum Gasteiger partial charge on any atom is 0.227 e. The van der Waals surface area contributed by atoms with Gasteiger partial charge in [0.05, 0.1) is 12.0 Å². The first kappa shape index (κ1) is 11.7. The third kappa shape index (κ3) is 2.80. The first-order valence-electron chi connectivity index (χ1n) is 4.98. The van der Waals surface area contributed by atoms with Gasteiger partial charge >= 0.3 is 0 Å². The van der Waals surface area contributed by atoms with E-state index in [4.69, 9.17) is 0 Å². The van der Waals surface area contributed by atoms with Crippen LogP contribution in [0, 0.1) is 5.92 Å². The number of rotatable bonds is 3. The maximum absolute atomic E-state index is 11.6. The van der Waals surface area contributed by atoms with E-state index in [2.05, 4.69) is 0 Å². The van der Waals surface area contributed by atoms with E-state index in [1.807, 2.05) is 30.3 Å². The molecule has 1 aromatic rings. The molecule has 0 saturated heterocycles. The van der Waals surface area contributed by atoms with Crippen LogP contribution < -0.4 is 0 Å². The standard InChI is InChI=1S/C12H17NO2/c1-9(12(15)13(2)3)11(14)10-7-5-4-6-8-10/h4-9,11,14H,1-3H3/t9-,11+/m0/s1. The number of carbonyl (C=O) groups is 1. The summed E-state index contributed by atoms with van der Waals surface area (Å²) in [5.41, 5.74) is 0.778. The number of aliphatic hydroxyl groups excluding tert-OH is 1. The van der Waals surface area contributed by atoms with Gasteiger partial charge in [-0.3, -0.25) is 4.79 Å². The van der Waals surface area contributed by atoms with Gasteiger partial charge in [-0.15, -0.1) is 0 Å². The zero-order valence-electron chi connectivity index (χ0n) is 9.34. The first-order valence-corrected chi connectivity index (χ1v) is 4.98. The molecule has 82 valence electrons. The molecule has 1 aromatic carbocycles. The largest absolute Gasteiger partial charge is 0.388 e. The molecule has 3 heteroatoms. The predicted molar refractivity (Wildman–Crippen MR) is 59.3 cm³/mol. The van der Waals surface area contributed by atoms with Crippen LogP contribution in [-0.2, 0) is 4.79 Å². The monoisotopic (exact) mass is 207 g/mol. The molecule has 0 spiro atoms. The Balaban J connectivity index is 2.77. The molecular formula is C12H17NO2. The normalized spacial score (nSPS) is 14.4. The van der Waals surface area contributed by atoms with Crippen molar-refractivity contribution in [3.63, 3.8) is 0 Å². The Bertz CT molecular complexity index is 322. The molecule has 0 heterocycles. The summed E-state index contributed by atoms with van der Waals surface area (Å²) >= 11 is 0. The molecule has 0 aromatic heterocycles. The average Bonchev–Trinajstić information content (AvgIpc) is 2.27. The fourth-order valence-corrected chi connectivity index (χ4v) is 1.48. The number of hydrogen-bond donors (Lipinski definition) is 1. The SMILES string of the molecule is C[C@H](C(=O)N(C)C)[C@@H](O)c1ccccc1. The van der Waals surface area contributed by atoms with Crippen molar-refractivity contribution < 1.29 is 9.90 Å². The van der Waals surface area contributed by atoms with Gasteiger partial charge in [-0.2, -0.15) is 0 Å². The van der Waals surface area contributed by atoms with E-state index in [1.54, 1.807) is 21.0 Å². The summed E-state index contributed by atoms with van der Waals surface area (Å²) in [5, 5.41) is 9.96. The second kappa shape index (κ2) is 4.94. The molecular weight excluding hydrogens is 190 g/mol. The molecule has 0 fully saturated rings. The van der Waals surface area contributed by atoms with Crippen LogP contribution in [0.15, 0.2) is 30.3 Å². The molecule has 15 heavy (non-hydrogen) atoms. The molecule has 3 nitrogen and oxygen atoms in total. The number of aliphatic hydroxyl groups is 1. The highest BCUT2D eigenvalue weighted by atomic mass is 16.3. The fourth-order valence-electron chi connectivity index (χ4n) is 1.48. The Morgan fingerprint density at radius 3 is 2.27 bits per heavy atom. The second-order valence-corrected chi connectivity index (χ2v) is 3.88. The highest BCUT2D eigenvalue weighted by Crippen LogP contribution is 2.22. The molecule has 1 N–H and O–H groups in total. The third-order valence-electron chi connectivity index (χ3n) is 2.45. The molecule has 0 aliphatic rings. The molecule has 0 radical (unpaired) electrons. The Morgan fingerprint density at radius 1 is 1.27 bits per heavy atom. The summed E-state index contributed by atoms with van der Waals surface area (Å²) in [4.78, 5) is 13.1. The number of hydrogen-bond acceptors (Lipinski definition) is 2. The van der Waals surface area contributed by atoms with Crippen molar-refractivity contribution in [3.8, 4) is 0 Å². The molecule has 0 saturated carbocycles. The van der Waals surface area contributed by atoms with Gasteiger partial charge in [-0.1, -0.05) is 37.3 Å². The van der Waals surface area contributed by atoms with Gasteiger partial charge in [0.1, 0.15) is 0 Å². The van der Waals surface area contributed by atoms with Crippen LogP contribution in [0.1, 0.15) is 18.6 Å². The van der Waals surface area contributed by atoms with E-state index in [0.29, 0.717) is 0 Å². The van der Waals surface area contributed by atoms with Crippen LogP contribution in [0.3, 0.4) is 0 Å². The van der Waals surface area contributed by atoms with E-state index < -0.39 is 12.0 Å². The Hall–Kier alpha value is -1.35. The van der Waals surface area contributed by atoms with Gasteiger partial charge in [-0.25, -0.2) is 0 Å². The Morgan fingerprint density at radius 2 is 1.80 bits per heavy atom. The summed E-state index contributed by atoms with van der Waals surface area (Å²) in [7, 11) is 3.38. The summed E-state index contributed by atoms with van der Waals surface area (Å²) in [6, 6.07) is 9.24. The highest BCUT2D eigenvalue weighted by Gasteiger charge is 2.24. The number of benzene rings is 1. The summed E-state index contributed by atoms with van der Waals surface area (Å²) in [6.45, 7) is 1.74. The van der Waals surface area contributed by atoms with E-state index in [-0.39, 0.29) is 5.91 Å². The van der Waals surface area contributed by atoms with Crippen molar-refractivity contribution in [2.24, 2.45) is 5.92 Å². The van der Waals surface area contributed by atoms with Crippen LogP contribution in [0.4, 0.5) is 0 Å². The van der Waals surface area contributed by atoms with Gasteiger partial charge < -0.3 is 10.0 Å². The van der Waals surface area contributed by atoms with Crippen molar-refractivity contribution in [3.05, 3.63) is 35.9 Å². The van der Waals surface area contributed by atoms with Gasteiger partial charge in [0.2, 0.25) is 5.91 Å². The minimum Gasteiger partial charge on any atom is -0.388 e. The molecule has 0 aliphatic heterocycles. The smallest absolute Gasteiger partial charge is 0.227 e. The van der Waals surface area contributed by atoms with Crippen LogP contribution in [0.5, 0.6) is 0 Å². The zero-order valence-corrected chi connectivity index (χ0v) is 9.34. The Kier molecular flexibility index (Phi) is 3.86. The number of nitrogens with zero attached hydrogens (tertiary/aromatic N) is 1. The topological polar surface area (TPSA) is 40.5 Å². The van der Waals surface area contributed by atoms with E-state index in [0.717, 1.165) is 5.56 Å². The zero-order chi connectivity index (χ0) is 11.4. The van der Waals surface area contributed by atoms with Gasteiger partial charge in [-0.05, 0) is 5.56 Å². The molecule has 0 bridgehead atoms. The first-order chi connectivity index (χ1) is 7.04. The lowest BCUT2D eigenvalue weighted by Gasteiger charge is -2.21. The van der Waals surface area contributed by atoms with E-state index in [1.165, 1.54) is 4.90 Å². The lowest BCUT2D eigenvalue weighted by atomic mass is 9.96. The molecule has 2 atom stereocenters. The predicted octanol–water partition coefficient (Wildman–Crippen LogP) is 1.44. The molecule has 1 rings (SSSR count). The summed E-state index contributed by atoms with van der Waals surface area (Å²) in [6.07, 6.45) is -0.735. The quantitative estimate of drug-likeness (QED) is 0.814. The minimum absolute atomic E-state index is 0.0636. The second-order valence-electron chi connectivity index (χ2n) is 3.88. The van der Waals surface area contributed by atoms with Crippen molar-refractivity contribution in [1.82, 2.24) is 4.90 Å². The van der Waals surface area contributed by atoms with Crippen LogP contribution in [-0.4, -0.2) is 30.0 Å². The Labute approximate surface area is 90.3 Å². The van der Waals surface area contributed by atoms with Gasteiger partial charge in [0, 0.05) is 14.1 Å². The van der Waals surface area contributed by atoms with Crippen molar-refractivity contribution in [2.75, 3.05) is 14.1 Å². The minimum atomic E-state index is -0.735. The number of amides is 1. The molecule has 0 aliphatic carbocycles. The lowest BCUT2D eigenvalue weighted by molar-refractivity contribution is -0.136. The van der Waals surface area contributed by atoms with Crippen LogP contribution >= 0.6 is 0 Å². The van der Waals surface area contributed by atoms with E-state index >= 15 is 0 Å². The average molecular weight is 207 g/mol. The lowest BCUT2D eigenvalue weighted by Crippen LogP contribution is -2.31. The van der Waals surface area contributed by atoms with Crippen LogP contribution in [0.2, 0.25) is 0 Å². The van der Waals surface area contributed by atoms with Crippen molar-refractivity contribution >= 4 is 5.91 Å². The van der Waals surface area contributed by atoms with Gasteiger partial charge in [0.15, 0.2) is 0 Å². The summed E-state index contributed by atoms with van der Waals surface area (Å²) < 4.78 is 0. The number of carbonyl (C=O) groups excluding carboxylic acids is 1. The highest BCUT2D eigenvalue weighted by molar-refractivity contribution is 5.78. The summed E-state index contributed by atoms with van der Waals surface area (Å²) in [5.74, 6) is -0.478. The van der Waals surface area contributed by atoms with E-state index in [9.17, 15) is 9.90 Å². The third-order valence-corrected chi connectivity index (χ3v) is 2.45. The van der Waals surface area contributed by atoms with Gasteiger partial charge in [0.25, 0.3) is 0 Å². The maximum atomic E-state index is 11.6.